The summed E-state index contributed by atoms with van der Waals surface area (Å²) >= 11 is 5.83. The number of hydrogen-bond acceptors (Lipinski definition) is 4. The monoisotopic (exact) mass is 498 g/mol. The van der Waals surface area contributed by atoms with Gasteiger partial charge < -0.3 is 14.7 Å². The highest BCUT2D eigenvalue weighted by molar-refractivity contribution is 7.80. The minimum absolute atomic E-state index is 0.266. The number of thiocarbonyl (C=S) groups is 1. The standard InChI is InChI=1S/C29H27FN4OS/c1-4-20-11-13-22(14-12-20)26-25(28-32-27(33-35-28)23-9-6-10-24(30)16-23)19(3)34(29(36)31-26)17-21-8-5-7-18(2)15-21/h5-16,26H,4,17H2,1-3H3,(H,31,36). The Labute approximate surface area is 215 Å². The second-order valence-corrected chi connectivity index (χ2v) is 9.37. The Kier molecular flexibility index (Phi) is 6.65. The first kappa shape index (κ1) is 23.9. The van der Waals surface area contributed by atoms with E-state index in [1.54, 1.807) is 12.1 Å². The van der Waals surface area contributed by atoms with Crippen LogP contribution < -0.4 is 5.32 Å². The maximum Gasteiger partial charge on any atom is 0.258 e. The molecule has 0 amide bonds. The van der Waals surface area contributed by atoms with Crippen molar-refractivity contribution in [1.82, 2.24) is 20.4 Å². The number of halogens is 1. The zero-order valence-electron chi connectivity index (χ0n) is 20.5. The molecule has 0 spiro atoms. The van der Waals surface area contributed by atoms with Crippen molar-refractivity contribution in [3.63, 3.8) is 0 Å². The summed E-state index contributed by atoms with van der Waals surface area (Å²) < 4.78 is 19.6. The number of benzene rings is 3. The van der Waals surface area contributed by atoms with Gasteiger partial charge in [-0.3, -0.25) is 0 Å². The molecule has 4 aromatic rings. The zero-order chi connectivity index (χ0) is 25.2. The van der Waals surface area contributed by atoms with Crippen molar-refractivity contribution in [3.8, 4) is 11.4 Å². The highest BCUT2D eigenvalue weighted by Crippen LogP contribution is 2.38. The van der Waals surface area contributed by atoms with E-state index in [4.69, 9.17) is 16.7 Å². The van der Waals surface area contributed by atoms with Gasteiger partial charge in [0.15, 0.2) is 5.11 Å². The maximum absolute atomic E-state index is 13.8. The predicted molar refractivity (Wildman–Crippen MR) is 143 cm³/mol. The summed E-state index contributed by atoms with van der Waals surface area (Å²) in [6, 6.07) is 22.7. The van der Waals surface area contributed by atoms with E-state index in [9.17, 15) is 4.39 Å². The summed E-state index contributed by atoms with van der Waals surface area (Å²) in [4.78, 5) is 6.73. The fourth-order valence-electron chi connectivity index (χ4n) is 4.52. The van der Waals surface area contributed by atoms with Crippen molar-refractivity contribution in [3.05, 3.63) is 112 Å². The average Bonchev–Trinajstić information content (AvgIpc) is 3.36. The van der Waals surface area contributed by atoms with Crippen molar-refractivity contribution >= 4 is 22.9 Å². The summed E-state index contributed by atoms with van der Waals surface area (Å²) in [5.41, 5.74) is 6.97. The molecule has 0 aliphatic carbocycles. The molecule has 182 valence electrons. The second-order valence-electron chi connectivity index (χ2n) is 8.99. The normalized spacial score (nSPS) is 15.8. The van der Waals surface area contributed by atoms with Gasteiger partial charge in [0.2, 0.25) is 5.82 Å². The molecule has 7 heteroatoms. The van der Waals surface area contributed by atoms with Crippen molar-refractivity contribution in [1.29, 1.82) is 0 Å². The van der Waals surface area contributed by atoms with Gasteiger partial charge >= 0.3 is 0 Å². The molecule has 0 saturated carbocycles. The van der Waals surface area contributed by atoms with Crippen LogP contribution in [0.5, 0.6) is 0 Å². The van der Waals surface area contributed by atoms with Crippen LogP contribution in [0, 0.1) is 12.7 Å². The predicted octanol–water partition coefficient (Wildman–Crippen LogP) is 6.61. The van der Waals surface area contributed by atoms with Crippen molar-refractivity contribution in [2.24, 2.45) is 0 Å². The van der Waals surface area contributed by atoms with Crippen LogP contribution in [0.15, 0.2) is 83.0 Å². The van der Waals surface area contributed by atoms with Crippen LogP contribution >= 0.6 is 12.2 Å². The van der Waals surface area contributed by atoms with Crippen LogP contribution in [0.4, 0.5) is 4.39 Å². The lowest BCUT2D eigenvalue weighted by Gasteiger charge is -2.37. The third-order valence-corrected chi connectivity index (χ3v) is 6.82. The Morgan fingerprint density at radius 3 is 2.50 bits per heavy atom. The van der Waals surface area contributed by atoms with Gasteiger partial charge in [-0.25, -0.2) is 4.39 Å². The SMILES string of the molecule is CCc1ccc(C2NC(=S)N(Cc3cccc(C)c3)C(C)=C2c2nc(-c3cccc(F)c3)no2)cc1. The summed E-state index contributed by atoms with van der Waals surface area (Å²) in [5.74, 6) is 0.362. The second kappa shape index (κ2) is 10.0. The number of rotatable bonds is 6. The van der Waals surface area contributed by atoms with E-state index in [0.29, 0.717) is 28.9 Å². The number of hydrogen-bond donors (Lipinski definition) is 1. The maximum atomic E-state index is 13.8. The fraction of sp³-hybridized carbons (Fsp3) is 0.207. The summed E-state index contributed by atoms with van der Waals surface area (Å²) in [7, 11) is 0. The van der Waals surface area contributed by atoms with Crippen LogP contribution in [-0.4, -0.2) is 20.2 Å². The summed E-state index contributed by atoms with van der Waals surface area (Å²) in [6.45, 7) is 6.84. The van der Waals surface area contributed by atoms with Gasteiger partial charge in [-0.2, -0.15) is 4.98 Å². The Morgan fingerprint density at radius 1 is 1.00 bits per heavy atom. The van der Waals surface area contributed by atoms with E-state index in [0.717, 1.165) is 28.8 Å². The van der Waals surface area contributed by atoms with Crippen LogP contribution in [0.25, 0.3) is 17.0 Å². The van der Waals surface area contributed by atoms with Crippen LogP contribution in [0.3, 0.4) is 0 Å². The molecule has 5 nitrogen and oxygen atoms in total. The molecule has 36 heavy (non-hydrogen) atoms. The largest absolute Gasteiger partial charge is 0.351 e. The highest BCUT2D eigenvalue weighted by atomic mass is 32.1. The van der Waals surface area contributed by atoms with E-state index in [1.165, 1.54) is 23.3 Å². The Morgan fingerprint density at radius 2 is 1.78 bits per heavy atom. The number of aryl methyl sites for hydroxylation is 2. The highest BCUT2D eigenvalue weighted by Gasteiger charge is 2.34. The quantitative estimate of drug-likeness (QED) is 0.302. The van der Waals surface area contributed by atoms with Gasteiger partial charge in [-0.1, -0.05) is 78.3 Å². The lowest BCUT2D eigenvalue weighted by Crippen LogP contribution is -2.45. The fourth-order valence-corrected chi connectivity index (χ4v) is 4.83. The van der Waals surface area contributed by atoms with E-state index >= 15 is 0 Å². The van der Waals surface area contributed by atoms with Gasteiger partial charge in [0.1, 0.15) is 5.82 Å². The van der Waals surface area contributed by atoms with E-state index < -0.39 is 0 Å². The minimum Gasteiger partial charge on any atom is -0.351 e. The van der Waals surface area contributed by atoms with Crippen molar-refractivity contribution < 1.29 is 8.91 Å². The van der Waals surface area contributed by atoms with Crippen LogP contribution in [0.1, 0.15) is 48.0 Å². The number of allylic oxidation sites excluding steroid dienone is 1. The molecular weight excluding hydrogens is 471 g/mol. The van der Waals surface area contributed by atoms with Gasteiger partial charge in [0.25, 0.3) is 5.89 Å². The Hall–Kier alpha value is -3.84. The molecule has 1 unspecified atom stereocenters. The van der Waals surface area contributed by atoms with E-state index in [2.05, 4.69) is 76.7 Å². The number of aromatic nitrogens is 2. The Balaban J connectivity index is 1.59. The number of nitrogens with one attached hydrogen (secondary N) is 1. The summed E-state index contributed by atoms with van der Waals surface area (Å²) in [5, 5.41) is 8.30. The van der Waals surface area contributed by atoms with Gasteiger partial charge in [0, 0.05) is 17.8 Å². The molecule has 0 radical (unpaired) electrons. The summed E-state index contributed by atoms with van der Waals surface area (Å²) in [6.07, 6.45) is 0.962. The molecule has 1 aromatic heterocycles. The van der Waals surface area contributed by atoms with E-state index in [-0.39, 0.29) is 11.9 Å². The van der Waals surface area contributed by atoms with Gasteiger partial charge in [0.05, 0.1) is 11.6 Å². The minimum atomic E-state index is -0.350. The van der Waals surface area contributed by atoms with Crippen molar-refractivity contribution in [2.75, 3.05) is 0 Å². The molecule has 1 N–H and O–H groups in total. The lowest BCUT2D eigenvalue weighted by molar-refractivity contribution is 0.396. The molecule has 5 rings (SSSR count). The third-order valence-electron chi connectivity index (χ3n) is 6.48. The third kappa shape index (κ3) is 4.79. The Bertz CT molecular complexity index is 1440. The average molecular weight is 499 g/mol. The smallest absolute Gasteiger partial charge is 0.258 e. The molecule has 2 heterocycles. The topological polar surface area (TPSA) is 54.2 Å². The molecule has 0 fully saturated rings. The van der Waals surface area contributed by atoms with Gasteiger partial charge in [-0.15, -0.1) is 0 Å². The first-order valence-electron chi connectivity index (χ1n) is 12.0. The first-order valence-corrected chi connectivity index (χ1v) is 12.4. The van der Waals surface area contributed by atoms with Gasteiger partial charge in [-0.05, 0) is 61.3 Å². The first-order chi connectivity index (χ1) is 17.4. The van der Waals surface area contributed by atoms with Crippen LogP contribution in [0.2, 0.25) is 0 Å². The number of nitrogens with zero attached hydrogens (tertiary/aromatic N) is 3. The zero-order valence-corrected chi connectivity index (χ0v) is 21.3. The molecular formula is C29H27FN4OS. The van der Waals surface area contributed by atoms with Crippen LogP contribution in [-0.2, 0) is 13.0 Å². The molecule has 1 aliphatic rings. The molecule has 0 bridgehead atoms. The molecule has 1 aliphatic heterocycles. The molecule has 0 saturated heterocycles. The molecule has 1 atom stereocenters. The lowest BCUT2D eigenvalue weighted by atomic mass is 9.93. The van der Waals surface area contributed by atoms with E-state index in [1.807, 2.05) is 13.0 Å². The molecule has 3 aromatic carbocycles. The van der Waals surface area contributed by atoms with Crippen molar-refractivity contribution in [2.45, 2.75) is 39.8 Å².